The summed E-state index contributed by atoms with van der Waals surface area (Å²) in [6.07, 6.45) is 5.01. The Labute approximate surface area is 506 Å². The zero-order chi connectivity index (χ0) is 62.0. The molecule has 22 nitrogen and oxygen atoms in total. The van der Waals surface area contributed by atoms with Crippen molar-refractivity contribution in [3.05, 3.63) is 158 Å². The predicted molar refractivity (Wildman–Crippen MR) is 327 cm³/mol. The van der Waals surface area contributed by atoms with Crippen LogP contribution in [0.2, 0.25) is 0 Å². The lowest BCUT2D eigenvalue weighted by atomic mass is 9.77. The van der Waals surface area contributed by atoms with Crippen molar-refractivity contribution in [1.29, 1.82) is 0 Å². The third kappa shape index (κ3) is 12.1. The van der Waals surface area contributed by atoms with Crippen LogP contribution in [0.4, 0.5) is 16.2 Å². The van der Waals surface area contributed by atoms with Gasteiger partial charge in [-0.3, -0.25) is 24.0 Å². The number of hydrogen-bond acceptors (Lipinski definition) is 15. The summed E-state index contributed by atoms with van der Waals surface area (Å²) in [6.45, 7) is 0.959. The third-order valence-corrected chi connectivity index (χ3v) is 16.8. The average molecular weight is 1200 g/mol. The van der Waals surface area contributed by atoms with Gasteiger partial charge < -0.3 is 70.1 Å². The highest BCUT2D eigenvalue weighted by Gasteiger charge is 2.54. The fraction of sp³-hybridized carbons (Fsp3) is 0.333. The van der Waals surface area contributed by atoms with Crippen molar-refractivity contribution < 1.29 is 62.4 Å². The van der Waals surface area contributed by atoms with Gasteiger partial charge in [0.2, 0.25) is 11.8 Å². The second-order valence-electron chi connectivity index (χ2n) is 23.0. The van der Waals surface area contributed by atoms with Gasteiger partial charge in [-0.05, 0) is 97.1 Å². The molecule has 2 fully saturated rings. The lowest BCUT2D eigenvalue weighted by Gasteiger charge is -2.37. The monoisotopic (exact) mass is 1200 g/mol. The maximum Gasteiger partial charge on any atom is 0.340 e. The molecule has 6 aliphatic rings. The molecule has 88 heavy (non-hydrogen) atoms. The molecule has 0 bridgehead atoms. The first-order valence-corrected chi connectivity index (χ1v) is 29.4. The van der Waals surface area contributed by atoms with Crippen LogP contribution in [0.1, 0.15) is 103 Å². The van der Waals surface area contributed by atoms with Crippen molar-refractivity contribution in [3.8, 4) is 39.7 Å². The molecule has 4 heterocycles. The molecule has 5 aromatic carbocycles. The topological polar surface area (TPSA) is 288 Å². The summed E-state index contributed by atoms with van der Waals surface area (Å²) in [7, 11) is 7.65. The van der Waals surface area contributed by atoms with Gasteiger partial charge in [0.05, 0.1) is 24.3 Å². The van der Waals surface area contributed by atoms with Gasteiger partial charge in [-0.2, -0.15) is 0 Å². The molecule has 456 valence electrons. The van der Waals surface area contributed by atoms with Crippen LogP contribution in [0.15, 0.2) is 118 Å². The molecule has 1 unspecified atom stereocenters. The minimum absolute atomic E-state index is 0.0124. The second kappa shape index (κ2) is 25.2. The number of benzene rings is 6. The smallest absolute Gasteiger partial charge is 0.340 e. The number of anilines is 2. The number of aromatic carboxylic acids is 1. The molecule has 1 saturated carbocycles. The Kier molecular flexibility index (Phi) is 17.1. The van der Waals surface area contributed by atoms with Crippen LogP contribution in [0.3, 0.4) is 0 Å². The predicted octanol–water partition coefficient (Wildman–Crippen LogP) is 7.20. The first-order chi connectivity index (χ1) is 42.4. The number of morpholine rings is 1. The van der Waals surface area contributed by atoms with E-state index >= 15 is 0 Å². The Bertz CT molecular complexity index is 3880. The number of nitrogens with one attached hydrogen (secondary N) is 5. The van der Waals surface area contributed by atoms with Gasteiger partial charge >= 0.3 is 18.0 Å². The SMILES string of the molecule is CN(C)c1ccc2c(c1)Oc1cc(N(C)C)ccc1C21OC(=O)c2cc(C(=O)NCC[C@H](NC(=O)C(CC3CCCCC3)NC(=O)N3CCOCC3)C(=O)NCCNC(=O)c3ccc(-c4c5ccc(=O)cc-5oc5cc(O)ccc45)c(C(=O)O)c3)ccc21. The highest BCUT2D eigenvalue weighted by atomic mass is 16.6. The van der Waals surface area contributed by atoms with Crippen molar-refractivity contribution in [2.24, 2.45) is 5.92 Å². The second-order valence-corrected chi connectivity index (χ2v) is 23.0. The molecule has 0 aromatic heterocycles. The minimum Gasteiger partial charge on any atom is -0.508 e. The van der Waals surface area contributed by atoms with Crippen molar-refractivity contribution in [2.45, 2.75) is 62.6 Å². The number of rotatable bonds is 18. The maximum atomic E-state index is 14.5. The largest absolute Gasteiger partial charge is 0.508 e. The zero-order valence-electron chi connectivity index (χ0n) is 49.2. The lowest BCUT2D eigenvalue weighted by Crippen LogP contribution is -2.57. The highest BCUT2D eigenvalue weighted by Crippen LogP contribution is 2.57. The van der Waals surface area contributed by atoms with Gasteiger partial charge in [0.1, 0.15) is 40.7 Å². The van der Waals surface area contributed by atoms with E-state index in [-0.39, 0.29) is 82.3 Å². The minimum atomic E-state index is -1.40. The number of esters is 1. The number of ether oxygens (including phenoxy) is 3. The number of aromatic hydroxyl groups is 1. The number of nitrogens with zero attached hydrogens (tertiary/aromatic N) is 3. The van der Waals surface area contributed by atoms with E-state index in [0.717, 1.165) is 43.5 Å². The molecular formula is C66H68N8O14. The molecule has 1 spiro atoms. The fourth-order valence-electron chi connectivity index (χ4n) is 12.2. The van der Waals surface area contributed by atoms with Crippen LogP contribution in [0.5, 0.6) is 17.2 Å². The Morgan fingerprint density at radius 3 is 1.97 bits per heavy atom. The summed E-state index contributed by atoms with van der Waals surface area (Å²) in [5.41, 5.74) is 3.02. The molecule has 5 aromatic rings. The molecule has 6 amide bonds. The van der Waals surface area contributed by atoms with Crippen molar-refractivity contribution in [3.63, 3.8) is 0 Å². The summed E-state index contributed by atoms with van der Waals surface area (Å²) in [5, 5.41) is 35.3. The van der Waals surface area contributed by atoms with E-state index in [0.29, 0.717) is 77.4 Å². The highest BCUT2D eigenvalue weighted by molar-refractivity contribution is 6.09. The van der Waals surface area contributed by atoms with Crippen molar-refractivity contribution in [2.75, 3.05) is 83.9 Å². The number of phenolic OH excluding ortho intramolecular Hbond substituents is 1. The summed E-state index contributed by atoms with van der Waals surface area (Å²) in [6, 6.07) is 26.0. The van der Waals surface area contributed by atoms with Gasteiger partial charge in [-0.1, -0.05) is 44.2 Å². The van der Waals surface area contributed by atoms with E-state index < -0.39 is 59.3 Å². The number of carbonyl (C=O) groups excluding carboxylic acids is 6. The van der Waals surface area contributed by atoms with Crippen LogP contribution in [0.25, 0.3) is 33.4 Å². The quantitative estimate of drug-likeness (QED) is 0.0254. The fourth-order valence-corrected chi connectivity index (χ4v) is 12.2. The lowest BCUT2D eigenvalue weighted by molar-refractivity contribution is -0.130. The molecule has 7 N–H and O–H groups in total. The average Bonchev–Trinajstić information content (AvgIpc) is 1.45. The van der Waals surface area contributed by atoms with Crippen molar-refractivity contribution >= 4 is 63.9 Å². The standard InChI is InChI=1S/C66H68N8O14/c1-72(2)40-12-20-50-56(33-40)87-57-34-41(73(3)4)13-21-51(57)66(50)49-19-11-39(32-48(49)64(83)88-66)59(77)67-23-22-52(70-62(80)53(30-37-8-6-5-7-9-37)71-65(84)74-26-28-85-29-27-74)61(79)69-25-24-68-60(78)38-10-16-44(47(31-38)63(81)82)58-45-17-14-42(75)35-54(45)86-55-36-43(76)15-18-46(55)58/h10-21,31-37,52-53,75H,5-9,22-30H2,1-4H3,(H,67,77)(H,68,78)(H,69,79)(H,70,80)(H,71,84)(H,81,82)/t52-,53?/m0/s1. The summed E-state index contributed by atoms with van der Waals surface area (Å²) >= 11 is 0. The van der Waals surface area contributed by atoms with E-state index in [9.17, 15) is 48.6 Å². The maximum absolute atomic E-state index is 14.5. The van der Waals surface area contributed by atoms with Gasteiger partial charge in [-0.15, -0.1) is 0 Å². The molecule has 4 aliphatic heterocycles. The first kappa shape index (κ1) is 59.8. The van der Waals surface area contributed by atoms with E-state index in [2.05, 4.69) is 26.6 Å². The Morgan fingerprint density at radius 1 is 0.648 bits per heavy atom. The summed E-state index contributed by atoms with van der Waals surface area (Å²) in [4.78, 5) is 115. The van der Waals surface area contributed by atoms with Crippen LogP contribution in [0, 0.1) is 5.92 Å². The molecule has 22 heteroatoms. The summed E-state index contributed by atoms with van der Waals surface area (Å²) < 4.78 is 24.3. The molecular weight excluding hydrogens is 1130 g/mol. The number of fused-ring (bicyclic) bond motifs is 8. The Hall–Kier alpha value is -9.96. The van der Waals surface area contributed by atoms with E-state index in [1.807, 2.05) is 74.4 Å². The van der Waals surface area contributed by atoms with Crippen LogP contribution in [-0.4, -0.2) is 143 Å². The van der Waals surface area contributed by atoms with Crippen LogP contribution >= 0.6 is 0 Å². The molecule has 0 radical (unpaired) electrons. The summed E-state index contributed by atoms with van der Waals surface area (Å²) in [5.74, 6) is -3.28. The van der Waals surface area contributed by atoms with Crippen LogP contribution < -0.4 is 46.5 Å². The number of carboxylic acid groups (broad SMARTS) is 1. The van der Waals surface area contributed by atoms with E-state index in [1.54, 1.807) is 23.1 Å². The zero-order valence-corrected chi connectivity index (χ0v) is 49.2. The molecule has 11 rings (SSSR count). The van der Waals surface area contributed by atoms with Crippen molar-refractivity contribution in [1.82, 2.24) is 31.5 Å². The number of urea groups is 1. The van der Waals surface area contributed by atoms with Gasteiger partial charge in [0.15, 0.2) is 11.0 Å². The normalized spacial score (nSPS) is 15.6. The van der Waals surface area contributed by atoms with Gasteiger partial charge in [-0.25, -0.2) is 14.4 Å². The number of hydrogen-bond donors (Lipinski definition) is 7. The third-order valence-electron chi connectivity index (χ3n) is 16.8. The number of carbonyl (C=O) groups is 7. The molecule has 2 atom stereocenters. The number of phenols is 1. The van der Waals surface area contributed by atoms with Crippen LogP contribution in [-0.2, 0) is 24.7 Å². The molecule has 1 saturated heterocycles. The van der Waals surface area contributed by atoms with E-state index in [4.69, 9.17) is 18.6 Å². The molecule has 2 aliphatic carbocycles. The number of carboxylic acids is 1. The van der Waals surface area contributed by atoms with Gasteiger partial charge in [0, 0.05) is 141 Å². The first-order valence-electron chi connectivity index (χ1n) is 29.4. The Balaban J connectivity index is 0.807. The Morgan fingerprint density at radius 2 is 1.28 bits per heavy atom. The van der Waals surface area contributed by atoms with Gasteiger partial charge in [0.25, 0.3) is 11.8 Å². The van der Waals surface area contributed by atoms with E-state index in [1.165, 1.54) is 54.6 Å². The number of amides is 6.